The van der Waals surface area contributed by atoms with Crippen molar-refractivity contribution in [2.24, 2.45) is 5.73 Å². The molecule has 0 spiro atoms. The van der Waals surface area contributed by atoms with Crippen molar-refractivity contribution in [2.45, 2.75) is 19.4 Å². The van der Waals surface area contributed by atoms with E-state index in [9.17, 15) is 0 Å². The molecule has 0 amide bonds. The van der Waals surface area contributed by atoms with Crippen LogP contribution >= 0.6 is 12.2 Å². The van der Waals surface area contributed by atoms with E-state index in [1.807, 2.05) is 18.2 Å². The molecule has 0 aliphatic carbocycles. The standard InChI is InChI=1S/C12H17N3OS/c1-2-9-8-15(6-7-16-9)11-5-3-4-10(14-11)12(13)17/h3-5,9H,2,6-8H2,1H3,(H2,13,17). The molecule has 0 saturated carbocycles. The van der Waals surface area contributed by atoms with Crippen molar-refractivity contribution in [3.63, 3.8) is 0 Å². The maximum absolute atomic E-state index is 5.64. The second-order valence-electron chi connectivity index (χ2n) is 4.09. The topological polar surface area (TPSA) is 51.4 Å². The highest BCUT2D eigenvalue weighted by Crippen LogP contribution is 2.16. The van der Waals surface area contributed by atoms with Gasteiger partial charge in [0.15, 0.2) is 0 Å². The van der Waals surface area contributed by atoms with Gasteiger partial charge in [-0.25, -0.2) is 4.98 Å². The molecule has 1 fully saturated rings. The lowest BCUT2D eigenvalue weighted by molar-refractivity contribution is 0.0381. The first-order chi connectivity index (χ1) is 8.20. The Morgan fingerprint density at radius 3 is 3.18 bits per heavy atom. The summed E-state index contributed by atoms with van der Waals surface area (Å²) < 4.78 is 5.64. The SMILES string of the molecule is CCC1CN(c2cccc(C(N)=S)n2)CCO1. The highest BCUT2D eigenvalue weighted by atomic mass is 32.1. The molecule has 1 atom stereocenters. The summed E-state index contributed by atoms with van der Waals surface area (Å²) in [5.41, 5.74) is 6.27. The number of morpholine rings is 1. The summed E-state index contributed by atoms with van der Waals surface area (Å²) in [7, 11) is 0. The molecular weight excluding hydrogens is 234 g/mol. The number of hydrogen-bond donors (Lipinski definition) is 1. The molecule has 1 aromatic rings. The van der Waals surface area contributed by atoms with Crippen molar-refractivity contribution in [1.82, 2.24) is 4.98 Å². The molecule has 0 bridgehead atoms. The van der Waals surface area contributed by atoms with Gasteiger partial charge in [0.1, 0.15) is 10.8 Å². The van der Waals surface area contributed by atoms with E-state index in [1.165, 1.54) is 0 Å². The summed E-state index contributed by atoms with van der Waals surface area (Å²) in [5.74, 6) is 0.928. The van der Waals surface area contributed by atoms with E-state index in [0.717, 1.165) is 31.9 Å². The first-order valence-corrected chi connectivity index (χ1v) is 6.25. The summed E-state index contributed by atoms with van der Waals surface area (Å²) in [6, 6.07) is 5.76. The van der Waals surface area contributed by atoms with Gasteiger partial charge in [0.05, 0.1) is 18.4 Å². The Morgan fingerprint density at radius 1 is 1.65 bits per heavy atom. The van der Waals surface area contributed by atoms with E-state index >= 15 is 0 Å². The van der Waals surface area contributed by atoms with E-state index in [1.54, 1.807) is 0 Å². The zero-order valence-electron chi connectivity index (χ0n) is 9.93. The fraction of sp³-hybridized carbons (Fsp3) is 0.500. The molecule has 1 aliphatic heterocycles. The van der Waals surface area contributed by atoms with E-state index in [4.69, 9.17) is 22.7 Å². The fourth-order valence-electron chi connectivity index (χ4n) is 1.91. The Bertz CT molecular complexity index is 410. The lowest BCUT2D eigenvalue weighted by Gasteiger charge is -2.33. The number of nitrogens with zero attached hydrogens (tertiary/aromatic N) is 2. The first-order valence-electron chi connectivity index (χ1n) is 5.84. The number of pyridine rings is 1. The molecular formula is C12H17N3OS. The van der Waals surface area contributed by atoms with Crippen LogP contribution in [0.1, 0.15) is 19.0 Å². The summed E-state index contributed by atoms with van der Waals surface area (Å²) >= 11 is 4.94. The van der Waals surface area contributed by atoms with Crippen molar-refractivity contribution in [3.8, 4) is 0 Å². The quantitative estimate of drug-likeness (QED) is 0.821. The lowest BCUT2D eigenvalue weighted by atomic mass is 10.2. The van der Waals surface area contributed by atoms with Crippen LogP contribution in [0, 0.1) is 0 Å². The van der Waals surface area contributed by atoms with Gasteiger partial charge in [-0.3, -0.25) is 0 Å². The van der Waals surface area contributed by atoms with Crippen molar-refractivity contribution >= 4 is 23.0 Å². The second kappa shape index (κ2) is 5.42. The van der Waals surface area contributed by atoms with Gasteiger partial charge in [0.2, 0.25) is 0 Å². The summed E-state index contributed by atoms with van der Waals surface area (Å²) in [6.07, 6.45) is 1.31. The minimum absolute atomic E-state index is 0.291. The van der Waals surface area contributed by atoms with Gasteiger partial charge in [-0.05, 0) is 18.6 Å². The van der Waals surface area contributed by atoms with Crippen LogP contribution in [0.15, 0.2) is 18.2 Å². The molecule has 17 heavy (non-hydrogen) atoms. The van der Waals surface area contributed by atoms with Gasteiger partial charge in [0, 0.05) is 13.1 Å². The molecule has 4 nitrogen and oxygen atoms in total. The Balaban J connectivity index is 2.16. The van der Waals surface area contributed by atoms with Gasteiger partial charge in [-0.2, -0.15) is 0 Å². The molecule has 1 aromatic heterocycles. The van der Waals surface area contributed by atoms with Crippen LogP contribution in [0.2, 0.25) is 0 Å². The smallest absolute Gasteiger partial charge is 0.129 e. The Morgan fingerprint density at radius 2 is 2.47 bits per heavy atom. The van der Waals surface area contributed by atoms with E-state index in [-0.39, 0.29) is 0 Å². The second-order valence-corrected chi connectivity index (χ2v) is 4.53. The molecule has 0 radical (unpaired) electrons. The third-order valence-electron chi connectivity index (χ3n) is 2.90. The molecule has 1 aliphatic rings. The van der Waals surface area contributed by atoms with Crippen LogP contribution in [0.25, 0.3) is 0 Å². The number of rotatable bonds is 3. The number of hydrogen-bond acceptors (Lipinski definition) is 4. The summed E-state index contributed by atoms with van der Waals surface area (Å²) in [5, 5.41) is 0. The van der Waals surface area contributed by atoms with Crippen molar-refractivity contribution in [1.29, 1.82) is 0 Å². The van der Waals surface area contributed by atoms with Gasteiger partial charge < -0.3 is 15.4 Å². The maximum atomic E-state index is 5.64. The summed E-state index contributed by atoms with van der Waals surface area (Å²) in [4.78, 5) is 7.03. The number of aromatic nitrogens is 1. The van der Waals surface area contributed by atoms with Crippen molar-refractivity contribution in [3.05, 3.63) is 23.9 Å². The van der Waals surface area contributed by atoms with Gasteiger partial charge in [-0.1, -0.05) is 25.2 Å². The predicted octanol–water partition coefficient (Wildman–Crippen LogP) is 1.33. The third-order valence-corrected chi connectivity index (χ3v) is 3.11. The third kappa shape index (κ3) is 2.92. The first kappa shape index (κ1) is 12.3. The molecule has 0 aromatic carbocycles. The molecule has 2 N–H and O–H groups in total. The number of anilines is 1. The Kier molecular flexibility index (Phi) is 3.91. The minimum atomic E-state index is 0.291. The average Bonchev–Trinajstić information content (AvgIpc) is 2.39. The molecule has 1 unspecified atom stereocenters. The fourth-order valence-corrected chi connectivity index (χ4v) is 2.02. The van der Waals surface area contributed by atoms with E-state index in [0.29, 0.717) is 16.8 Å². The number of nitrogens with two attached hydrogens (primary N) is 1. The maximum Gasteiger partial charge on any atom is 0.129 e. The molecule has 5 heteroatoms. The molecule has 1 saturated heterocycles. The average molecular weight is 251 g/mol. The molecule has 2 rings (SSSR count). The van der Waals surface area contributed by atoms with Crippen LogP contribution in [0.5, 0.6) is 0 Å². The van der Waals surface area contributed by atoms with Crippen LogP contribution < -0.4 is 10.6 Å². The van der Waals surface area contributed by atoms with Gasteiger partial charge in [0.25, 0.3) is 0 Å². The molecule has 2 heterocycles. The Labute approximate surface area is 107 Å². The predicted molar refractivity (Wildman–Crippen MR) is 72.4 cm³/mol. The van der Waals surface area contributed by atoms with Gasteiger partial charge >= 0.3 is 0 Å². The zero-order valence-corrected chi connectivity index (χ0v) is 10.7. The monoisotopic (exact) mass is 251 g/mol. The number of ether oxygens (including phenoxy) is 1. The largest absolute Gasteiger partial charge is 0.388 e. The van der Waals surface area contributed by atoms with Crippen LogP contribution in [-0.4, -0.2) is 35.8 Å². The molecule has 92 valence electrons. The highest BCUT2D eigenvalue weighted by molar-refractivity contribution is 7.80. The zero-order chi connectivity index (χ0) is 12.3. The normalized spacial score (nSPS) is 20.3. The van der Waals surface area contributed by atoms with Crippen LogP contribution in [0.4, 0.5) is 5.82 Å². The Hall–Kier alpha value is -1.20. The van der Waals surface area contributed by atoms with Crippen LogP contribution in [-0.2, 0) is 4.74 Å². The van der Waals surface area contributed by atoms with Crippen LogP contribution in [0.3, 0.4) is 0 Å². The summed E-state index contributed by atoms with van der Waals surface area (Å²) in [6.45, 7) is 4.62. The van der Waals surface area contributed by atoms with E-state index < -0.39 is 0 Å². The minimum Gasteiger partial charge on any atom is -0.388 e. The van der Waals surface area contributed by atoms with Crippen molar-refractivity contribution < 1.29 is 4.74 Å². The van der Waals surface area contributed by atoms with Crippen molar-refractivity contribution in [2.75, 3.05) is 24.6 Å². The van der Waals surface area contributed by atoms with E-state index in [2.05, 4.69) is 16.8 Å². The lowest BCUT2D eigenvalue weighted by Crippen LogP contribution is -2.42. The van der Waals surface area contributed by atoms with Gasteiger partial charge in [-0.15, -0.1) is 0 Å². The highest BCUT2D eigenvalue weighted by Gasteiger charge is 2.20. The number of thiocarbonyl (C=S) groups is 1.